The number of rotatable bonds is 11. The number of carbonyl (C=O) groups is 2. The molecule has 2 rings (SSSR count). The highest BCUT2D eigenvalue weighted by molar-refractivity contribution is 5.91. The summed E-state index contributed by atoms with van der Waals surface area (Å²) in [6.07, 6.45) is 4.18. The Morgan fingerprint density at radius 2 is 1.43 bits per heavy atom. The molecular weight excluding hydrogens is 360 g/mol. The number of phenolic OH excluding ortho intramolecular Hbond substituents is 1. The van der Waals surface area contributed by atoms with Gasteiger partial charge in [-0.25, -0.2) is 4.79 Å². The fraction of sp³-hybridized carbons (Fsp3) is 0.364. The molecule has 0 aliphatic carbocycles. The van der Waals surface area contributed by atoms with Crippen LogP contribution in [0.15, 0.2) is 48.5 Å². The molecule has 0 spiro atoms. The van der Waals surface area contributed by atoms with Gasteiger partial charge in [0.15, 0.2) is 0 Å². The molecule has 0 fully saturated rings. The number of esters is 2. The van der Waals surface area contributed by atoms with Crippen molar-refractivity contribution in [1.29, 1.82) is 0 Å². The van der Waals surface area contributed by atoms with Crippen LogP contribution in [0.2, 0.25) is 0 Å². The van der Waals surface area contributed by atoms with E-state index in [0.29, 0.717) is 36.7 Å². The van der Waals surface area contributed by atoms with Crippen molar-refractivity contribution in [2.75, 3.05) is 13.2 Å². The van der Waals surface area contributed by atoms with Crippen molar-refractivity contribution in [3.63, 3.8) is 0 Å². The largest absolute Gasteiger partial charge is 0.508 e. The van der Waals surface area contributed by atoms with Crippen molar-refractivity contribution in [1.82, 2.24) is 0 Å². The molecular formula is C22H26O6. The number of aromatic hydroxyl groups is 1. The maximum Gasteiger partial charge on any atom is 0.343 e. The topological polar surface area (TPSA) is 82.1 Å². The molecule has 0 saturated carbocycles. The molecule has 0 unspecified atom stereocenters. The lowest BCUT2D eigenvalue weighted by atomic mass is 10.2. The zero-order chi connectivity index (χ0) is 20.2. The number of ether oxygens (including phenoxy) is 3. The number of carbonyl (C=O) groups excluding carboxylic acids is 2. The van der Waals surface area contributed by atoms with Gasteiger partial charge < -0.3 is 19.3 Å². The van der Waals surface area contributed by atoms with E-state index < -0.39 is 5.97 Å². The standard InChI is InChI=1S/C22H26O6/c1-2-21(24)27-16-6-4-3-5-15-26-19-11-7-17(8-12-19)22(25)28-20-13-9-18(23)10-14-20/h7-14,23H,2-6,15-16H2,1H3. The van der Waals surface area contributed by atoms with Gasteiger partial charge in [-0.2, -0.15) is 0 Å². The predicted octanol–water partition coefficient (Wildman–Crippen LogP) is 4.50. The number of benzene rings is 2. The van der Waals surface area contributed by atoms with Gasteiger partial charge in [0.2, 0.25) is 0 Å². The third-order valence-electron chi connectivity index (χ3n) is 4.00. The van der Waals surface area contributed by atoms with Crippen LogP contribution in [-0.4, -0.2) is 30.3 Å². The van der Waals surface area contributed by atoms with E-state index in [1.54, 1.807) is 31.2 Å². The molecule has 150 valence electrons. The van der Waals surface area contributed by atoms with Crippen LogP contribution in [0.3, 0.4) is 0 Å². The van der Waals surface area contributed by atoms with Gasteiger partial charge in [0.05, 0.1) is 18.8 Å². The summed E-state index contributed by atoms with van der Waals surface area (Å²) in [5.74, 6) is 0.548. The van der Waals surface area contributed by atoms with E-state index in [1.165, 1.54) is 24.3 Å². The molecule has 1 N–H and O–H groups in total. The maximum absolute atomic E-state index is 12.1. The van der Waals surface area contributed by atoms with Gasteiger partial charge in [-0.05, 0) is 74.2 Å². The Balaban J connectivity index is 1.63. The highest BCUT2D eigenvalue weighted by Gasteiger charge is 2.09. The molecule has 6 heteroatoms. The van der Waals surface area contributed by atoms with Crippen molar-refractivity contribution in [2.24, 2.45) is 0 Å². The van der Waals surface area contributed by atoms with E-state index >= 15 is 0 Å². The quantitative estimate of drug-likeness (QED) is 0.348. The van der Waals surface area contributed by atoms with Gasteiger partial charge in [0, 0.05) is 6.42 Å². The third kappa shape index (κ3) is 7.70. The van der Waals surface area contributed by atoms with Crippen molar-refractivity contribution >= 4 is 11.9 Å². The van der Waals surface area contributed by atoms with Gasteiger partial charge in [-0.3, -0.25) is 4.79 Å². The highest BCUT2D eigenvalue weighted by Crippen LogP contribution is 2.19. The minimum absolute atomic E-state index is 0.112. The van der Waals surface area contributed by atoms with E-state index in [2.05, 4.69) is 0 Å². The van der Waals surface area contributed by atoms with Crippen molar-refractivity contribution in [3.05, 3.63) is 54.1 Å². The average Bonchev–Trinajstić information content (AvgIpc) is 2.71. The number of hydrogen-bond acceptors (Lipinski definition) is 6. The summed E-state index contributed by atoms with van der Waals surface area (Å²) < 4.78 is 15.9. The molecule has 0 bridgehead atoms. The van der Waals surface area contributed by atoms with Crippen molar-refractivity contribution < 1.29 is 28.9 Å². The summed E-state index contributed by atoms with van der Waals surface area (Å²) in [5.41, 5.74) is 0.419. The van der Waals surface area contributed by atoms with E-state index in [9.17, 15) is 14.7 Å². The van der Waals surface area contributed by atoms with Crippen LogP contribution >= 0.6 is 0 Å². The Morgan fingerprint density at radius 3 is 2.07 bits per heavy atom. The number of hydrogen-bond donors (Lipinski definition) is 1. The zero-order valence-electron chi connectivity index (χ0n) is 16.1. The van der Waals surface area contributed by atoms with Crippen LogP contribution in [-0.2, 0) is 9.53 Å². The first-order valence-electron chi connectivity index (χ1n) is 9.48. The Kier molecular flexibility index (Phi) is 8.85. The molecule has 0 heterocycles. The molecule has 0 atom stereocenters. The summed E-state index contributed by atoms with van der Waals surface area (Å²) in [6.45, 7) is 2.85. The van der Waals surface area contributed by atoms with Gasteiger partial charge in [-0.1, -0.05) is 6.92 Å². The van der Waals surface area contributed by atoms with E-state index in [1.807, 2.05) is 0 Å². The molecule has 2 aromatic rings. The molecule has 28 heavy (non-hydrogen) atoms. The molecule has 0 aromatic heterocycles. The monoisotopic (exact) mass is 386 g/mol. The smallest absolute Gasteiger partial charge is 0.343 e. The van der Waals surface area contributed by atoms with Crippen molar-refractivity contribution in [2.45, 2.75) is 39.0 Å². The minimum atomic E-state index is -0.471. The molecule has 2 aromatic carbocycles. The lowest BCUT2D eigenvalue weighted by Gasteiger charge is -2.08. The van der Waals surface area contributed by atoms with Crippen LogP contribution in [0, 0.1) is 0 Å². The Labute approximate surface area is 165 Å². The fourth-order valence-corrected chi connectivity index (χ4v) is 2.40. The average molecular weight is 386 g/mol. The van der Waals surface area contributed by atoms with E-state index in [4.69, 9.17) is 14.2 Å². The molecule has 0 aliphatic heterocycles. The van der Waals surface area contributed by atoms with Crippen LogP contribution in [0.1, 0.15) is 49.4 Å². The number of unbranched alkanes of at least 4 members (excludes halogenated alkanes) is 3. The molecule has 0 radical (unpaired) electrons. The van der Waals surface area contributed by atoms with E-state index in [-0.39, 0.29) is 11.7 Å². The number of phenols is 1. The zero-order valence-corrected chi connectivity index (χ0v) is 16.1. The first-order valence-corrected chi connectivity index (χ1v) is 9.48. The minimum Gasteiger partial charge on any atom is -0.508 e. The summed E-state index contributed by atoms with van der Waals surface area (Å²) in [4.78, 5) is 23.1. The van der Waals surface area contributed by atoms with Crippen LogP contribution in [0.25, 0.3) is 0 Å². The second-order valence-corrected chi connectivity index (χ2v) is 6.24. The summed E-state index contributed by atoms with van der Waals surface area (Å²) >= 11 is 0. The first kappa shape index (κ1) is 21.3. The normalized spacial score (nSPS) is 10.3. The molecule has 0 aliphatic rings. The second kappa shape index (κ2) is 11.6. The molecule has 0 amide bonds. The molecule has 0 saturated heterocycles. The lowest BCUT2D eigenvalue weighted by Crippen LogP contribution is -2.08. The van der Waals surface area contributed by atoms with Gasteiger partial charge in [0.25, 0.3) is 0 Å². The van der Waals surface area contributed by atoms with Crippen molar-refractivity contribution in [3.8, 4) is 17.2 Å². The van der Waals surface area contributed by atoms with Crippen LogP contribution in [0.5, 0.6) is 17.2 Å². The first-order chi connectivity index (χ1) is 13.6. The fourth-order valence-electron chi connectivity index (χ4n) is 2.40. The Morgan fingerprint density at radius 1 is 0.821 bits per heavy atom. The summed E-state index contributed by atoms with van der Waals surface area (Å²) in [6, 6.07) is 12.7. The summed E-state index contributed by atoms with van der Waals surface area (Å²) in [5, 5.41) is 9.24. The van der Waals surface area contributed by atoms with Gasteiger partial charge in [-0.15, -0.1) is 0 Å². The Hall–Kier alpha value is -3.02. The SMILES string of the molecule is CCC(=O)OCCCCCCOc1ccc(C(=O)Oc2ccc(O)cc2)cc1. The predicted molar refractivity (Wildman–Crippen MR) is 105 cm³/mol. The third-order valence-corrected chi connectivity index (χ3v) is 4.00. The maximum atomic E-state index is 12.1. The Bertz CT molecular complexity index is 737. The van der Waals surface area contributed by atoms with Crippen LogP contribution < -0.4 is 9.47 Å². The lowest BCUT2D eigenvalue weighted by molar-refractivity contribution is -0.143. The van der Waals surface area contributed by atoms with E-state index in [0.717, 1.165) is 25.7 Å². The van der Waals surface area contributed by atoms with Gasteiger partial charge >= 0.3 is 11.9 Å². The second-order valence-electron chi connectivity index (χ2n) is 6.24. The van der Waals surface area contributed by atoms with Gasteiger partial charge in [0.1, 0.15) is 17.2 Å². The summed E-state index contributed by atoms with van der Waals surface area (Å²) in [7, 11) is 0. The molecule has 6 nitrogen and oxygen atoms in total. The van der Waals surface area contributed by atoms with Crippen LogP contribution in [0.4, 0.5) is 0 Å². The highest BCUT2D eigenvalue weighted by atomic mass is 16.5.